The Bertz CT molecular complexity index is 312. The van der Waals surface area contributed by atoms with Gasteiger partial charge < -0.3 is 0 Å². The Balaban J connectivity index is 2.67. The number of nitrogens with one attached hydrogen (secondary N) is 1. The van der Waals surface area contributed by atoms with E-state index in [9.17, 15) is 0 Å². The molecule has 0 aliphatic carbocycles. The van der Waals surface area contributed by atoms with Crippen molar-refractivity contribution in [3.63, 3.8) is 0 Å². The molecule has 0 saturated heterocycles. The van der Waals surface area contributed by atoms with E-state index in [1.54, 1.807) is 0 Å². The zero-order valence-electron chi connectivity index (χ0n) is 10.5. The molecule has 16 heavy (non-hydrogen) atoms. The van der Waals surface area contributed by atoms with E-state index >= 15 is 0 Å². The van der Waals surface area contributed by atoms with Crippen molar-refractivity contribution in [1.82, 2.24) is 10.4 Å². The quantitative estimate of drug-likeness (QED) is 0.573. The number of aromatic nitrogens is 1. The van der Waals surface area contributed by atoms with Crippen LogP contribution in [0.25, 0.3) is 0 Å². The highest BCUT2D eigenvalue weighted by molar-refractivity contribution is 5.19. The Morgan fingerprint density at radius 1 is 1.50 bits per heavy atom. The van der Waals surface area contributed by atoms with Crippen LogP contribution in [0, 0.1) is 12.8 Å². The molecule has 1 aromatic rings. The fraction of sp³-hybridized carbons (Fsp3) is 0.615. The lowest BCUT2D eigenvalue weighted by atomic mass is 9.93. The largest absolute Gasteiger partial charge is 0.271 e. The first-order valence-electron chi connectivity index (χ1n) is 6.06. The minimum Gasteiger partial charge on any atom is -0.271 e. The summed E-state index contributed by atoms with van der Waals surface area (Å²) in [6.45, 7) is 6.51. The number of rotatable bonds is 6. The minimum atomic E-state index is 0.239. The van der Waals surface area contributed by atoms with Crippen LogP contribution in [0.5, 0.6) is 0 Å². The van der Waals surface area contributed by atoms with Gasteiger partial charge in [-0.25, -0.2) is 0 Å². The maximum absolute atomic E-state index is 5.63. The van der Waals surface area contributed by atoms with Gasteiger partial charge in [0.05, 0.1) is 0 Å². The summed E-state index contributed by atoms with van der Waals surface area (Å²) < 4.78 is 0. The van der Waals surface area contributed by atoms with Crippen LogP contribution in [0.4, 0.5) is 0 Å². The van der Waals surface area contributed by atoms with Crippen molar-refractivity contribution in [1.29, 1.82) is 0 Å². The summed E-state index contributed by atoms with van der Waals surface area (Å²) >= 11 is 0. The van der Waals surface area contributed by atoms with Crippen LogP contribution in [0.2, 0.25) is 0 Å². The molecule has 2 atom stereocenters. The van der Waals surface area contributed by atoms with Crippen molar-refractivity contribution in [2.24, 2.45) is 11.8 Å². The lowest BCUT2D eigenvalue weighted by molar-refractivity contribution is 0.394. The van der Waals surface area contributed by atoms with Crippen molar-refractivity contribution in [2.75, 3.05) is 0 Å². The summed E-state index contributed by atoms with van der Waals surface area (Å²) in [6.07, 6.45) is 5.41. The number of nitrogens with two attached hydrogens (primary N) is 1. The molecule has 1 aromatic heterocycles. The van der Waals surface area contributed by atoms with E-state index in [1.807, 2.05) is 19.2 Å². The molecule has 0 bridgehead atoms. The molecule has 0 aliphatic rings. The van der Waals surface area contributed by atoms with Crippen LogP contribution < -0.4 is 11.3 Å². The topological polar surface area (TPSA) is 50.9 Å². The molecule has 0 amide bonds. The maximum Gasteiger partial charge on any atom is 0.0463 e. The average Bonchev–Trinajstić information content (AvgIpc) is 2.26. The highest BCUT2D eigenvalue weighted by atomic mass is 15.2. The SMILES string of the molecule is CCCC(C)CC(NN)c1ccnc(C)c1. The van der Waals surface area contributed by atoms with Gasteiger partial charge in [-0.1, -0.05) is 26.7 Å². The van der Waals surface area contributed by atoms with Gasteiger partial charge in [-0.15, -0.1) is 0 Å². The Morgan fingerprint density at radius 2 is 2.25 bits per heavy atom. The molecule has 0 fully saturated rings. The van der Waals surface area contributed by atoms with E-state index in [1.165, 1.54) is 18.4 Å². The summed E-state index contributed by atoms with van der Waals surface area (Å²) in [5, 5.41) is 0. The second kappa shape index (κ2) is 6.61. The minimum absolute atomic E-state index is 0.239. The summed E-state index contributed by atoms with van der Waals surface area (Å²) in [6, 6.07) is 4.38. The van der Waals surface area contributed by atoms with E-state index in [2.05, 4.69) is 30.3 Å². The van der Waals surface area contributed by atoms with Crippen LogP contribution >= 0.6 is 0 Å². The van der Waals surface area contributed by atoms with Gasteiger partial charge in [0.25, 0.3) is 0 Å². The normalized spacial score (nSPS) is 14.8. The predicted octanol–water partition coefficient (Wildman–Crippen LogP) is 2.72. The number of aryl methyl sites for hydroxylation is 1. The van der Waals surface area contributed by atoms with Gasteiger partial charge in [-0.3, -0.25) is 16.3 Å². The van der Waals surface area contributed by atoms with Gasteiger partial charge in [0, 0.05) is 17.9 Å². The zero-order chi connectivity index (χ0) is 12.0. The zero-order valence-corrected chi connectivity index (χ0v) is 10.5. The van der Waals surface area contributed by atoms with Crippen LogP contribution in [-0.4, -0.2) is 4.98 Å². The monoisotopic (exact) mass is 221 g/mol. The van der Waals surface area contributed by atoms with E-state index in [0.717, 1.165) is 12.1 Å². The molecule has 3 N–H and O–H groups in total. The molecule has 3 nitrogen and oxygen atoms in total. The molecule has 0 radical (unpaired) electrons. The van der Waals surface area contributed by atoms with Gasteiger partial charge >= 0.3 is 0 Å². The molecule has 3 heteroatoms. The predicted molar refractivity (Wildman–Crippen MR) is 67.7 cm³/mol. The highest BCUT2D eigenvalue weighted by Crippen LogP contribution is 2.23. The molecular weight excluding hydrogens is 198 g/mol. The summed E-state index contributed by atoms with van der Waals surface area (Å²) in [5.74, 6) is 6.32. The molecule has 0 aromatic carbocycles. The van der Waals surface area contributed by atoms with Crippen molar-refractivity contribution in [3.05, 3.63) is 29.6 Å². The summed E-state index contributed by atoms with van der Waals surface area (Å²) in [4.78, 5) is 4.20. The van der Waals surface area contributed by atoms with Crippen molar-refractivity contribution in [2.45, 2.75) is 46.1 Å². The first-order chi connectivity index (χ1) is 7.67. The van der Waals surface area contributed by atoms with E-state index in [0.29, 0.717) is 5.92 Å². The average molecular weight is 221 g/mol. The lowest BCUT2D eigenvalue weighted by Gasteiger charge is -2.20. The maximum atomic E-state index is 5.63. The first-order valence-corrected chi connectivity index (χ1v) is 6.06. The summed E-state index contributed by atoms with van der Waals surface area (Å²) in [7, 11) is 0. The third kappa shape index (κ3) is 3.91. The van der Waals surface area contributed by atoms with Gasteiger partial charge in [-0.2, -0.15) is 0 Å². The highest BCUT2D eigenvalue weighted by Gasteiger charge is 2.13. The van der Waals surface area contributed by atoms with Crippen molar-refractivity contribution >= 4 is 0 Å². The van der Waals surface area contributed by atoms with Crippen molar-refractivity contribution in [3.8, 4) is 0 Å². The number of nitrogens with zero attached hydrogens (tertiary/aromatic N) is 1. The Labute approximate surface area is 98.4 Å². The van der Waals surface area contributed by atoms with Gasteiger partial charge in [0.15, 0.2) is 0 Å². The Hall–Kier alpha value is -0.930. The molecule has 0 spiro atoms. The smallest absolute Gasteiger partial charge is 0.0463 e. The molecule has 1 heterocycles. The number of hydrazine groups is 1. The van der Waals surface area contributed by atoms with Crippen LogP contribution in [-0.2, 0) is 0 Å². The fourth-order valence-electron chi connectivity index (χ4n) is 2.10. The number of hydrogen-bond donors (Lipinski definition) is 2. The van der Waals surface area contributed by atoms with Crippen molar-refractivity contribution < 1.29 is 0 Å². The van der Waals surface area contributed by atoms with Crippen LogP contribution in [0.3, 0.4) is 0 Å². The molecule has 90 valence electrons. The second-order valence-electron chi connectivity index (χ2n) is 4.58. The fourth-order valence-corrected chi connectivity index (χ4v) is 2.10. The third-order valence-electron chi connectivity index (χ3n) is 2.94. The first kappa shape index (κ1) is 13.1. The molecule has 0 aliphatic heterocycles. The summed E-state index contributed by atoms with van der Waals surface area (Å²) in [5.41, 5.74) is 5.18. The molecule has 0 saturated carbocycles. The number of pyridine rings is 1. The van der Waals surface area contributed by atoms with Gasteiger partial charge in [0.2, 0.25) is 0 Å². The standard InChI is InChI=1S/C13H23N3/c1-4-5-10(2)8-13(16-14)12-6-7-15-11(3)9-12/h6-7,9-10,13,16H,4-5,8,14H2,1-3H3. The van der Waals surface area contributed by atoms with E-state index in [4.69, 9.17) is 5.84 Å². The van der Waals surface area contributed by atoms with E-state index in [-0.39, 0.29) is 6.04 Å². The third-order valence-corrected chi connectivity index (χ3v) is 2.94. The van der Waals surface area contributed by atoms with Crippen LogP contribution in [0.1, 0.15) is 50.4 Å². The van der Waals surface area contributed by atoms with Gasteiger partial charge in [-0.05, 0) is 37.0 Å². The molecule has 1 rings (SSSR count). The molecule has 2 unspecified atom stereocenters. The molecular formula is C13H23N3. The Morgan fingerprint density at radius 3 is 2.81 bits per heavy atom. The van der Waals surface area contributed by atoms with E-state index < -0.39 is 0 Å². The lowest BCUT2D eigenvalue weighted by Crippen LogP contribution is -2.29. The van der Waals surface area contributed by atoms with Gasteiger partial charge in [0.1, 0.15) is 0 Å². The second-order valence-corrected chi connectivity index (χ2v) is 4.58. The van der Waals surface area contributed by atoms with Crippen LogP contribution in [0.15, 0.2) is 18.3 Å². The number of hydrogen-bond acceptors (Lipinski definition) is 3. The Kier molecular flexibility index (Phi) is 5.43.